The Morgan fingerprint density at radius 2 is 0.514 bits per heavy atom. The Bertz CT molecular complexity index is 1940. The first-order chi connectivity index (χ1) is 35.9. The number of nitrogens with two attached hydrogens (primary N) is 1. The van der Waals surface area contributed by atoms with Crippen molar-refractivity contribution in [1.29, 1.82) is 0 Å². The molecule has 3 aromatic rings. The van der Waals surface area contributed by atoms with Crippen molar-refractivity contribution in [3.63, 3.8) is 0 Å². The van der Waals surface area contributed by atoms with Crippen molar-refractivity contribution in [2.75, 3.05) is 157 Å². The molecule has 6 heterocycles. The highest BCUT2D eigenvalue weighted by molar-refractivity contribution is 5.88. The van der Waals surface area contributed by atoms with Gasteiger partial charge in [-0.2, -0.15) is 0 Å². The molecule has 0 amide bonds. The van der Waals surface area contributed by atoms with Crippen molar-refractivity contribution in [3.05, 3.63) is 106 Å². The van der Waals surface area contributed by atoms with Crippen molar-refractivity contribution in [3.8, 4) is 0 Å². The van der Waals surface area contributed by atoms with E-state index in [1.165, 1.54) is 0 Å². The van der Waals surface area contributed by atoms with E-state index in [0.717, 1.165) is 174 Å². The summed E-state index contributed by atoms with van der Waals surface area (Å²) in [5, 5.41) is 82.1. The summed E-state index contributed by atoms with van der Waals surface area (Å²) in [6.45, 7) is 21.2. The van der Waals surface area contributed by atoms with Gasteiger partial charge in [0.1, 0.15) is 0 Å². The molecule has 6 aliphatic heterocycles. The Morgan fingerprint density at radius 1 is 0.338 bits per heavy atom. The number of hydrogen-bond donors (Lipinski definition) is 19. The lowest BCUT2D eigenvalue weighted by Crippen LogP contribution is -2.66. The predicted octanol–water partition coefficient (Wildman–Crippen LogP) is -3.52. The summed E-state index contributed by atoms with van der Waals surface area (Å²) >= 11 is 0. The molecule has 22 nitrogen and oxygen atoms in total. The molecule has 22 heteroatoms. The summed E-state index contributed by atoms with van der Waals surface area (Å²) in [6.07, 6.45) is 0. The van der Waals surface area contributed by atoms with Crippen molar-refractivity contribution in [2.24, 2.45) is 5.73 Å². The van der Waals surface area contributed by atoms with Gasteiger partial charge in [-0.25, -0.2) is 14.4 Å². The number of fused-ring (bicyclic) bond motifs is 30. The standard InChI is InChI=1S/C30H46N8O4.C22H40N8O2/c39-27(40)25-5-1-23(2-6-25)15-37-29-17-31-9-12-34-20-30(21-35-13-10-32-18-29,22-36-14-11-33-19-29)38-16-24-3-7-26(8-4-24)28(41)42;23-21-12-24-5-8-27-15-22(16-28-9-6-25-13-21,17-29-10-7-26-14-21)30-11-18-1-3-19(4-2-18)20(31)32/h1-8,31-38H,9-22H2,(H,39,40)(H,41,42);1-4,24-30H,5-17,23H2,(H,31,32). The molecule has 9 rings (SSSR count). The fraction of sp³-hybridized carbons (Fsp3) is 0.596. The van der Waals surface area contributed by atoms with Crippen LogP contribution in [0.1, 0.15) is 47.8 Å². The Kier molecular flexibility index (Phi) is 24.5. The van der Waals surface area contributed by atoms with E-state index >= 15 is 0 Å². The van der Waals surface area contributed by atoms with Gasteiger partial charge in [-0.3, -0.25) is 0 Å². The van der Waals surface area contributed by atoms with Gasteiger partial charge in [0.2, 0.25) is 0 Å². The van der Waals surface area contributed by atoms with Crippen LogP contribution in [0, 0.1) is 0 Å². The second-order valence-corrected chi connectivity index (χ2v) is 20.4. The van der Waals surface area contributed by atoms with E-state index in [2.05, 4.69) is 79.8 Å². The highest BCUT2D eigenvalue weighted by Gasteiger charge is 2.33. The zero-order valence-electron chi connectivity index (χ0n) is 43.2. The third-order valence-electron chi connectivity index (χ3n) is 14.1. The minimum absolute atomic E-state index is 0.197. The third kappa shape index (κ3) is 20.2. The molecule has 0 radical (unpaired) electrons. The van der Waals surface area contributed by atoms with Crippen molar-refractivity contribution in [1.82, 2.24) is 79.8 Å². The first-order valence-electron chi connectivity index (χ1n) is 26.4. The molecular formula is C52H86N16O6. The van der Waals surface area contributed by atoms with Crippen LogP contribution in [0.3, 0.4) is 0 Å². The summed E-state index contributed by atoms with van der Waals surface area (Å²) in [5.74, 6) is -2.74. The highest BCUT2D eigenvalue weighted by atomic mass is 16.4. The number of carbonyl (C=O) groups is 3. The zero-order valence-corrected chi connectivity index (χ0v) is 43.2. The molecule has 6 saturated heterocycles. The maximum atomic E-state index is 11.2. The Hall–Kier alpha value is -4.57. The van der Waals surface area contributed by atoms with Gasteiger partial charge in [0, 0.05) is 177 Å². The van der Waals surface area contributed by atoms with Gasteiger partial charge in [0.05, 0.1) is 38.8 Å². The molecule has 74 heavy (non-hydrogen) atoms. The number of rotatable bonds is 12. The number of aromatic carboxylic acids is 3. The van der Waals surface area contributed by atoms with Crippen molar-refractivity contribution < 1.29 is 29.7 Å². The summed E-state index contributed by atoms with van der Waals surface area (Å²) in [5.41, 5.74) is 9.67. The van der Waals surface area contributed by atoms with Crippen LogP contribution in [-0.2, 0) is 19.6 Å². The van der Waals surface area contributed by atoms with Gasteiger partial charge in [0.15, 0.2) is 0 Å². The van der Waals surface area contributed by atoms with Crippen LogP contribution in [0.15, 0.2) is 72.8 Å². The molecule has 3 aromatic carbocycles. The monoisotopic (exact) mass is 1030 g/mol. The number of benzene rings is 3. The quantitative estimate of drug-likeness (QED) is 0.0837. The lowest BCUT2D eigenvalue weighted by Gasteiger charge is -2.39. The molecular weight excluding hydrogens is 945 g/mol. The second kappa shape index (κ2) is 30.8. The van der Waals surface area contributed by atoms with Gasteiger partial charge in [-0.15, -0.1) is 0 Å². The van der Waals surface area contributed by atoms with Crippen LogP contribution in [0.25, 0.3) is 0 Å². The predicted molar refractivity (Wildman–Crippen MR) is 290 cm³/mol. The van der Waals surface area contributed by atoms with Gasteiger partial charge < -0.3 is 101 Å². The maximum Gasteiger partial charge on any atom is 0.335 e. The fourth-order valence-corrected chi connectivity index (χ4v) is 9.50. The molecule has 0 unspecified atom stereocenters. The van der Waals surface area contributed by atoms with E-state index in [-0.39, 0.29) is 22.2 Å². The maximum absolute atomic E-state index is 11.2. The Morgan fingerprint density at radius 3 is 0.689 bits per heavy atom. The van der Waals surface area contributed by atoms with Gasteiger partial charge in [-0.1, -0.05) is 36.4 Å². The van der Waals surface area contributed by atoms with Gasteiger partial charge >= 0.3 is 17.9 Å². The molecule has 0 aromatic heterocycles. The second-order valence-electron chi connectivity index (χ2n) is 20.4. The van der Waals surface area contributed by atoms with Gasteiger partial charge in [0.25, 0.3) is 0 Å². The molecule has 0 aliphatic carbocycles. The summed E-state index contributed by atoms with van der Waals surface area (Å²) in [4.78, 5) is 33.6. The van der Waals surface area contributed by atoms with E-state index in [0.29, 0.717) is 36.3 Å². The Labute approximate surface area is 436 Å². The fourth-order valence-electron chi connectivity index (χ4n) is 9.50. The first-order valence-corrected chi connectivity index (χ1v) is 26.4. The zero-order chi connectivity index (χ0) is 52.4. The largest absolute Gasteiger partial charge is 0.478 e. The van der Waals surface area contributed by atoms with Crippen molar-refractivity contribution >= 4 is 17.9 Å². The molecule has 0 atom stereocenters. The Balaban J connectivity index is 0.000000250. The molecule has 410 valence electrons. The number of nitrogens with one attached hydrogen (secondary N) is 15. The summed E-state index contributed by atoms with van der Waals surface area (Å²) in [7, 11) is 0. The molecule has 6 aliphatic rings. The minimum Gasteiger partial charge on any atom is -0.478 e. The molecule has 0 saturated carbocycles. The lowest BCUT2D eigenvalue weighted by molar-refractivity contribution is 0.0686. The summed E-state index contributed by atoms with van der Waals surface area (Å²) < 4.78 is 0. The van der Waals surface area contributed by atoms with Crippen LogP contribution < -0.4 is 85.5 Å². The van der Waals surface area contributed by atoms with E-state index in [1.807, 2.05) is 36.4 Å². The van der Waals surface area contributed by atoms with E-state index in [9.17, 15) is 24.6 Å². The average Bonchev–Trinajstić information content (AvgIpc) is 3.40. The first kappa shape index (κ1) is 58.7. The SMILES string of the molecule is NC12CNCCNCC(NCc3ccc(C(=O)O)cc3)(CNCCNC1)CNCCNC2.O=C(O)c1ccc(CNC23CNCCNCC(NCc4ccc(C(=O)O)cc4)(CNCCNC2)CNCCNC3)cc1. The van der Waals surface area contributed by atoms with E-state index in [1.54, 1.807) is 36.4 Å². The smallest absolute Gasteiger partial charge is 0.335 e. The lowest BCUT2D eigenvalue weighted by atomic mass is 9.96. The van der Waals surface area contributed by atoms with Crippen LogP contribution in [0.4, 0.5) is 0 Å². The van der Waals surface area contributed by atoms with E-state index < -0.39 is 17.9 Å². The molecule has 0 spiro atoms. The van der Waals surface area contributed by atoms with Crippen LogP contribution in [0.5, 0.6) is 0 Å². The average molecular weight is 1030 g/mol. The number of carboxylic acids is 3. The van der Waals surface area contributed by atoms with Crippen LogP contribution in [-0.4, -0.2) is 212 Å². The van der Waals surface area contributed by atoms with Crippen LogP contribution in [0.2, 0.25) is 0 Å². The van der Waals surface area contributed by atoms with Crippen LogP contribution >= 0.6 is 0 Å². The minimum atomic E-state index is -0.918. The third-order valence-corrected chi connectivity index (χ3v) is 14.1. The van der Waals surface area contributed by atoms with Gasteiger partial charge in [-0.05, 0) is 53.1 Å². The topological polar surface area (TPSA) is 318 Å². The molecule has 20 N–H and O–H groups in total. The van der Waals surface area contributed by atoms with Crippen molar-refractivity contribution in [2.45, 2.75) is 41.8 Å². The molecule has 6 fully saturated rings. The summed E-state index contributed by atoms with van der Waals surface area (Å²) in [6, 6.07) is 21.2. The van der Waals surface area contributed by atoms with E-state index in [4.69, 9.17) is 10.8 Å². The normalized spacial score (nSPS) is 26.7. The molecule has 4 bridgehead atoms. The number of hydrogen-bond acceptors (Lipinski definition) is 19. The highest BCUT2D eigenvalue weighted by Crippen LogP contribution is 2.13. The number of carboxylic acid groups (broad SMARTS) is 3.